The number of nitrogens with one attached hydrogen (secondary N) is 2. The number of hydrogen-bond acceptors (Lipinski definition) is 6. The summed E-state index contributed by atoms with van der Waals surface area (Å²) in [6.07, 6.45) is 0. The summed E-state index contributed by atoms with van der Waals surface area (Å²) in [6.45, 7) is 6.47. The summed E-state index contributed by atoms with van der Waals surface area (Å²) in [7, 11) is -3.86. The summed E-state index contributed by atoms with van der Waals surface area (Å²) < 4.78 is 31.5. The molecule has 1 rings (SSSR count). The molecule has 0 aliphatic carbocycles. The van der Waals surface area contributed by atoms with Crippen molar-refractivity contribution in [1.29, 1.82) is 0 Å². The summed E-state index contributed by atoms with van der Waals surface area (Å²) in [4.78, 5) is 11.8. The minimum Gasteiger partial charge on any atom is -0.360 e. The van der Waals surface area contributed by atoms with Gasteiger partial charge in [-0.1, -0.05) is 5.16 Å². The van der Waals surface area contributed by atoms with Gasteiger partial charge < -0.3 is 15.6 Å². The van der Waals surface area contributed by atoms with E-state index in [-0.39, 0.29) is 41.3 Å². The van der Waals surface area contributed by atoms with Gasteiger partial charge in [0, 0.05) is 12.6 Å². The Hall–Kier alpha value is -1.16. The smallest absolute Gasteiger partial charge is 0.246 e. The third-order valence-electron chi connectivity index (χ3n) is 2.70. The number of amides is 1. The molecule has 0 saturated heterocycles. The number of nitrogens with two attached hydrogens (primary N) is 1. The van der Waals surface area contributed by atoms with Crippen LogP contribution in [0.1, 0.15) is 25.3 Å². The van der Waals surface area contributed by atoms with E-state index in [1.807, 2.05) is 0 Å². The van der Waals surface area contributed by atoms with E-state index in [0.29, 0.717) is 0 Å². The van der Waals surface area contributed by atoms with Gasteiger partial charge in [-0.3, -0.25) is 4.79 Å². The molecule has 0 aliphatic rings. The van der Waals surface area contributed by atoms with E-state index < -0.39 is 22.0 Å². The van der Waals surface area contributed by atoms with Gasteiger partial charge in [-0.25, -0.2) is 8.42 Å². The number of aromatic nitrogens is 1. The molecule has 0 saturated carbocycles. The van der Waals surface area contributed by atoms with E-state index >= 15 is 0 Å². The molecule has 1 amide bonds. The number of carbonyl (C=O) groups is 1. The maximum absolute atomic E-state index is 12.2. The second-order valence-electron chi connectivity index (χ2n) is 4.64. The highest BCUT2D eigenvalue weighted by Crippen LogP contribution is 2.18. The first-order chi connectivity index (χ1) is 9.19. The van der Waals surface area contributed by atoms with E-state index in [9.17, 15) is 13.2 Å². The maximum atomic E-state index is 12.2. The first kappa shape index (κ1) is 19.8. The zero-order chi connectivity index (χ0) is 15.5. The Morgan fingerprint density at radius 3 is 2.38 bits per heavy atom. The lowest BCUT2D eigenvalue weighted by Crippen LogP contribution is -2.49. The molecular weight excluding hydrogens is 320 g/mol. The topological polar surface area (TPSA) is 127 Å². The molecule has 0 radical (unpaired) electrons. The zero-order valence-electron chi connectivity index (χ0n) is 12.3. The van der Waals surface area contributed by atoms with Crippen molar-refractivity contribution in [2.24, 2.45) is 5.73 Å². The van der Waals surface area contributed by atoms with E-state index in [2.05, 4.69) is 15.2 Å². The number of hydrogen-bond donors (Lipinski definition) is 3. The molecule has 2 atom stereocenters. The largest absolute Gasteiger partial charge is 0.360 e. The number of carbonyl (C=O) groups excluding carboxylic acids is 1. The van der Waals surface area contributed by atoms with Crippen LogP contribution in [-0.2, 0) is 14.8 Å². The minimum atomic E-state index is -3.86. The summed E-state index contributed by atoms with van der Waals surface area (Å²) in [6, 6.07) is -1.16. The van der Waals surface area contributed by atoms with Crippen molar-refractivity contribution in [3.05, 3.63) is 11.5 Å². The number of nitrogens with zero attached hydrogens (tertiary/aromatic N) is 1. The van der Waals surface area contributed by atoms with Crippen LogP contribution in [0.4, 0.5) is 0 Å². The van der Waals surface area contributed by atoms with Crippen LogP contribution in [0.5, 0.6) is 0 Å². The van der Waals surface area contributed by atoms with Crippen molar-refractivity contribution >= 4 is 28.3 Å². The predicted molar refractivity (Wildman–Crippen MR) is 79.7 cm³/mol. The molecular formula is C11H21ClN4O4S. The van der Waals surface area contributed by atoms with Gasteiger partial charge in [0.2, 0.25) is 15.9 Å². The Morgan fingerprint density at radius 1 is 1.38 bits per heavy atom. The highest BCUT2D eigenvalue weighted by molar-refractivity contribution is 7.89. The molecule has 1 heterocycles. The van der Waals surface area contributed by atoms with E-state index in [0.717, 1.165) is 0 Å². The van der Waals surface area contributed by atoms with Crippen LogP contribution in [0.3, 0.4) is 0 Å². The van der Waals surface area contributed by atoms with Gasteiger partial charge in [-0.2, -0.15) is 4.72 Å². The first-order valence-electron chi connectivity index (χ1n) is 6.14. The molecule has 4 N–H and O–H groups in total. The highest BCUT2D eigenvalue weighted by Gasteiger charge is 2.28. The normalized spacial score (nSPS) is 14.1. The van der Waals surface area contributed by atoms with Gasteiger partial charge in [0.1, 0.15) is 10.6 Å². The van der Waals surface area contributed by atoms with Crippen LogP contribution in [0.2, 0.25) is 0 Å². The Balaban J connectivity index is 0.00000400. The lowest BCUT2D eigenvalue weighted by Gasteiger charge is -2.17. The minimum absolute atomic E-state index is 0. The third kappa shape index (κ3) is 4.95. The van der Waals surface area contributed by atoms with Crippen LogP contribution < -0.4 is 15.8 Å². The van der Waals surface area contributed by atoms with Gasteiger partial charge in [-0.15, -0.1) is 12.4 Å². The second-order valence-corrected chi connectivity index (χ2v) is 6.29. The van der Waals surface area contributed by atoms with Gasteiger partial charge >= 0.3 is 0 Å². The number of sulfonamides is 1. The fourth-order valence-electron chi connectivity index (χ4n) is 1.63. The maximum Gasteiger partial charge on any atom is 0.246 e. The highest BCUT2D eigenvalue weighted by atomic mass is 35.5. The first-order valence-corrected chi connectivity index (χ1v) is 7.63. The molecule has 10 heteroatoms. The molecule has 0 bridgehead atoms. The van der Waals surface area contributed by atoms with Crippen molar-refractivity contribution in [1.82, 2.24) is 15.2 Å². The molecule has 1 aromatic heterocycles. The van der Waals surface area contributed by atoms with Crippen molar-refractivity contribution in [2.75, 3.05) is 6.54 Å². The average molecular weight is 341 g/mol. The fourth-order valence-corrected chi connectivity index (χ4v) is 3.16. The van der Waals surface area contributed by atoms with Crippen LogP contribution in [-0.4, -0.2) is 38.1 Å². The van der Waals surface area contributed by atoms with E-state index in [1.54, 1.807) is 6.92 Å². The summed E-state index contributed by atoms with van der Waals surface area (Å²) in [5.74, 6) is -0.267. The summed E-state index contributed by atoms with van der Waals surface area (Å²) in [5, 5.41) is 6.18. The fraction of sp³-hybridized carbons (Fsp3) is 0.636. The van der Waals surface area contributed by atoms with Crippen LogP contribution in [0, 0.1) is 13.8 Å². The van der Waals surface area contributed by atoms with Gasteiger partial charge in [0.15, 0.2) is 5.76 Å². The lowest BCUT2D eigenvalue weighted by atomic mass is 10.3. The average Bonchev–Trinajstić information content (AvgIpc) is 2.68. The SMILES string of the molecule is Cc1noc(C)c1S(=O)(=O)NC(C)C(=O)N[C@@H](C)CN.Cl. The van der Waals surface area contributed by atoms with Gasteiger partial charge in [0.25, 0.3) is 0 Å². The van der Waals surface area contributed by atoms with Crippen LogP contribution in [0.25, 0.3) is 0 Å². The van der Waals surface area contributed by atoms with E-state index in [4.69, 9.17) is 10.3 Å². The van der Waals surface area contributed by atoms with Crippen molar-refractivity contribution in [3.8, 4) is 0 Å². The molecule has 0 aliphatic heterocycles. The van der Waals surface area contributed by atoms with Crippen LogP contribution in [0.15, 0.2) is 9.42 Å². The molecule has 21 heavy (non-hydrogen) atoms. The molecule has 0 fully saturated rings. The van der Waals surface area contributed by atoms with Crippen molar-refractivity contribution in [2.45, 2.75) is 44.7 Å². The Labute approximate surface area is 130 Å². The van der Waals surface area contributed by atoms with Crippen molar-refractivity contribution in [3.63, 3.8) is 0 Å². The molecule has 8 nitrogen and oxygen atoms in total. The lowest BCUT2D eigenvalue weighted by molar-refractivity contribution is -0.122. The molecule has 1 aromatic rings. The number of rotatable bonds is 6. The Bertz CT molecular complexity index is 568. The summed E-state index contributed by atoms with van der Waals surface area (Å²) >= 11 is 0. The standard InChI is InChI=1S/C11H20N4O4S.ClH/c1-6(5-12)13-11(16)8(3)15-20(17,18)10-7(2)14-19-9(10)4;/h6,8,15H,5,12H2,1-4H3,(H,13,16);1H/t6-,8?;/m0./s1. The number of aryl methyl sites for hydroxylation is 2. The number of halogens is 1. The van der Waals surface area contributed by atoms with Crippen molar-refractivity contribution < 1.29 is 17.7 Å². The molecule has 122 valence electrons. The predicted octanol–water partition coefficient (Wildman–Crippen LogP) is -0.157. The molecule has 0 spiro atoms. The van der Waals surface area contributed by atoms with Gasteiger partial charge in [0.05, 0.1) is 6.04 Å². The zero-order valence-corrected chi connectivity index (χ0v) is 14.0. The Morgan fingerprint density at radius 2 is 1.95 bits per heavy atom. The molecule has 1 unspecified atom stereocenters. The Kier molecular flexibility index (Phi) is 7.31. The van der Waals surface area contributed by atoms with E-state index in [1.165, 1.54) is 20.8 Å². The molecule has 0 aromatic carbocycles. The quantitative estimate of drug-likeness (QED) is 0.660. The summed E-state index contributed by atoms with van der Waals surface area (Å²) in [5.41, 5.74) is 5.64. The van der Waals surface area contributed by atoms with Crippen LogP contribution >= 0.6 is 12.4 Å². The monoisotopic (exact) mass is 340 g/mol. The third-order valence-corrected chi connectivity index (χ3v) is 4.49. The second kappa shape index (κ2) is 7.74. The van der Waals surface area contributed by atoms with Gasteiger partial charge in [-0.05, 0) is 27.7 Å².